The first-order valence-electron chi connectivity index (χ1n) is 10.4. The van der Waals surface area contributed by atoms with Gasteiger partial charge in [0.2, 0.25) is 0 Å². The summed E-state index contributed by atoms with van der Waals surface area (Å²) < 4.78 is 5.45. The largest absolute Gasteiger partial charge is 0.459 e. The Labute approximate surface area is 160 Å². The molecule has 3 N–H and O–H groups in total. The van der Waals surface area contributed by atoms with Crippen molar-refractivity contribution in [2.24, 2.45) is 34.5 Å². The van der Waals surface area contributed by atoms with E-state index in [4.69, 9.17) is 4.74 Å². The molecule has 4 rings (SSSR count). The Morgan fingerprint density at radius 3 is 2.41 bits per heavy atom. The van der Waals surface area contributed by atoms with Crippen molar-refractivity contribution in [3.63, 3.8) is 0 Å². The maximum atomic E-state index is 12.5. The summed E-state index contributed by atoms with van der Waals surface area (Å²) in [5, 5.41) is 32.7. The van der Waals surface area contributed by atoms with Gasteiger partial charge in [-0.25, -0.2) is 0 Å². The van der Waals surface area contributed by atoms with E-state index in [2.05, 4.69) is 6.92 Å². The second kappa shape index (κ2) is 6.26. The third kappa shape index (κ3) is 2.56. The van der Waals surface area contributed by atoms with Crippen LogP contribution in [0.1, 0.15) is 59.3 Å². The first-order valence-corrected chi connectivity index (χ1v) is 10.4. The van der Waals surface area contributed by atoms with Gasteiger partial charge < -0.3 is 20.1 Å². The molecule has 6 nitrogen and oxygen atoms in total. The molecule has 0 bridgehead atoms. The summed E-state index contributed by atoms with van der Waals surface area (Å²) in [5.74, 6) is -0.579. The van der Waals surface area contributed by atoms with Crippen LogP contribution in [-0.2, 0) is 14.3 Å². The van der Waals surface area contributed by atoms with E-state index in [1.165, 1.54) is 6.92 Å². The molecule has 0 aromatic carbocycles. The predicted octanol–water partition coefficient (Wildman–Crippen LogP) is 1.44. The van der Waals surface area contributed by atoms with Crippen LogP contribution in [0.4, 0.5) is 0 Å². The Morgan fingerprint density at radius 1 is 1.04 bits per heavy atom. The number of esters is 1. The van der Waals surface area contributed by atoms with Crippen LogP contribution in [-0.4, -0.2) is 51.5 Å². The van der Waals surface area contributed by atoms with Crippen LogP contribution >= 0.6 is 0 Å². The molecule has 0 amide bonds. The number of hydrogen-bond acceptors (Lipinski definition) is 6. The minimum atomic E-state index is -1.08. The lowest BCUT2D eigenvalue weighted by Crippen LogP contribution is -2.68. The molecule has 4 aliphatic rings. The van der Waals surface area contributed by atoms with Gasteiger partial charge >= 0.3 is 5.97 Å². The fourth-order valence-electron chi connectivity index (χ4n) is 7.42. The van der Waals surface area contributed by atoms with Gasteiger partial charge in [0.1, 0.15) is 11.9 Å². The highest BCUT2D eigenvalue weighted by atomic mass is 16.6. The molecule has 0 spiro atoms. The second-order valence-electron chi connectivity index (χ2n) is 9.90. The Morgan fingerprint density at radius 2 is 1.74 bits per heavy atom. The van der Waals surface area contributed by atoms with Crippen molar-refractivity contribution >= 4 is 11.8 Å². The lowest BCUT2D eigenvalue weighted by Gasteiger charge is -2.63. The number of rotatable bonds is 1. The molecule has 0 radical (unpaired) electrons. The molecule has 0 heterocycles. The molecule has 10 atom stereocenters. The van der Waals surface area contributed by atoms with Crippen LogP contribution in [0.3, 0.4) is 0 Å². The minimum Gasteiger partial charge on any atom is -0.459 e. The number of carbonyl (C=O) groups is 2. The van der Waals surface area contributed by atoms with Crippen LogP contribution in [0, 0.1) is 34.5 Å². The smallest absolute Gasteiger partial charge is 0.303 e. The number of Topliss-reactive ketones (excluding diaryl/α,β-unsaturated/α-hetero) is 1. The molecule has 0 aliphatic heterocycles. The fraction of sp³-hybridized carbons (Fsp3) is 0.905. The molecule has 0 saturated heterocycles. The van der Waals surface area contributed by atoms with Crippen molar-refractivity contribution < 1.29 is 29.6 Å². The van der Waals surface area contributed by atoms with Crippen molar-refractivity contribution in [1.29, 1.82) is 0 Å². The zero-order valence-corrected chi connectivity index (χ0v) is 16.4. The molecule has 6 heteroatoms. The zero-order chi connectivity index (χ0) is 19.7. The van der Waals surface area contributed by atoms with Crippen molar-refractivity contribution in [2.45, 2.75) is 83.7 Å². The van der Waals surface area contributed by atoms with E-state index in [-0.39, 0.29) is 29.0 Å². The van der Waals surface area contributed by atoms with Crippen LogP contribution < -0.4 is 0 Å². The standard InChI is InChI=1S/C21H32O6/c1-10(22)27-19-13(23)7-9-21(3)12-6-8-20(2)11(4-5-14(20)24)15(12)17(25)18(26)16(19)21/h11-13,15-19,23,25-26H,4-9H2,1-3H3/t11?,12?,13-,15?,16?,17?,18?,19+,20+,21-/m1/s1. The Hall–Kier alpha value is -0.980. The number of ketones is 1. The normalized spacial score (nSPS) is 54.7. The number of aliphatic hydroxyl groups is 3. The van der Waals surface area contributed by atoms with Gasteiger partial charge in [-0.05, 0) is 55.3 Å². The van der Waals surface area contributed by atoms with Gasteiger partial charge in [0.15, 0.2) is 0 Å². The first kappa shape index (κ1) is 19.3. The van der Waals surface area contributed by atoms with E-state index in [1.54, 1.807) is 0 Å². The summed E-state index contributed by atoms with van der Waals surface area (Å²) >= 11 is 0. The summed E-state index contributed by atoms with van der Waals surface area (Å²) in [5.41, 5.74) is -0.732. The number of carbonyl (C=O) groups excluding carboxylic acids is 2. The quantitative estimate of drug-likeness (QED) is 0.595. The lowest BCUT2D eigenvalue weighted by molar-refractivity contribution is -0.253. The topological polar surface area (TPSA) is 104 Å². The average molecular weight is 380 g/mol. The number of fused-ring (bicyclic) bond motifs is 5. The van der Waals surface area contributed by atoms with Crippen LogP contribution in [0.2, 0.25) is 0 Å². The highest BCUT2D eigenvalue weighted by Crippen LogP contribution is 2.65. The van der Waals surface area contributed by atoms with Gasteiger partial charge in [-0.15, -0.1) is 0 Å². The fourth-order valence-corrected chi connectivity index (χ4v) is 7.42. The molecule has 152 valence electrons. The third-order valence-electron chi connectivity index (χ3n) is 8.78. The van der Waals surface area contributed by atoms with E-state index < -0.39 is 41.7 Å². The highest BCUT2D eigenvalue weighted by Gasteiger charge is 2.67. The molecule has 0 aromatic heterocycles. The Bertz CT molecular complexity index is 649. The van der Waals surface area contributed by atoms with Crippen molar-refractivity contribution in [3.8, 4) is 0 Å². The molecule has 6 unspecified atom stereocenters. The minimum absolute atomic E-state index is 0.0881. The van der Waals surface area contributed by atoms with Crippen LogP contribution in [0.5, 0.6) is 0 Å². The Balaban J connectivity index is 1.73. The van der Waals surface area contributed by atoms with E-state index in [0.29, 0.717) is 12.8 Å². The molecule has 4 fully saturated rings. The van der Waals surface area contributed by atoms with Crippen molar-refractivity contribution in [1.82, 2.24) is 0 Å². The second-order valence-corrected chi connectivity index (χ2v) is 9.90. The first-order chi connectivity index (χ1) is 12.6. The van der Waals surface area contributed by atoms with E-state index in [1.807, 2.05) is 6.92 Å². The summed E-state index contributed by atoms with van der Waals surface area (Å²) in [6, 6.07) is 0. The number of ether oxygens (including phenoxy) is 1. The van der Waals surface area contributed by atoms with Gasteiger partial charge in [-0.3, -0.25) is 9.59 Å². The van der Waals surface area contributed by atoms with Gasteiger partial charge in [0, 0.05) is 24.7 Å². The SMILES string of the molecule is CC(=O)O[C@@H]1C2C(O)C(O)C3C(CC[C@]4(C)C(=O)CCC34)[C@@]2(C)CC[C@H]1O. The number of aliphatic hydroxyl groups excluding tert-OH is 3. The van der Waals surface area contributed by atoms with Gasteiger partial charge in [-0.2, -0.15) is 0 Å². The van der Waals surface area contributed by atoms with Crippen molar-refractivity contribution in [2.75, 3.05) is 0 Å². The van der Waals surface area contributed by atoms with Gasteiger partial charge in [-0.1, -0.05) is 13.8 Å². The number of hydrogen-bond donors (Lipinski definition) is 3. The summed E-state index contributed by atoms with van der Waals surface area (Å²) in [4.78, 5) is 24.2. The monoisotopic (exact) mass is 380 g/mol. The predicted molar refractivity (Wildman–Crippen MR) is 96.5 cm³/mol. The molecular weight excluding hydrogens is 348 g/mol. The molecule has 4 aliphatic carbocycles. The maximum absolute atomic E-state index is 12.5. The maximum Gasteiger partial charge on any atom is 0.303 e. The summed E-state index contributed by atoms with van der Waals surface area (Å²) in [6.45, 7) is 5.46. The third-order valence-corrected chi connectivity index (χ3v) is 8.78. The molecule has 4 saturated carbocycles. The summed E-state index contributed by atoms with van der Waals surface area (Å²) in [7, 11) is 0. The molecule has 27 heavy (non-hydrogen) atoms. The van der Waals surface area contributed by atoms with E-state index in [0.717, 1.165) is 25.7 Å². The Kier molecular flexibility index (Phi) is 4.48. The van der Waals surface area contributed by atoms with Crippen LogP contribution in [0.25, 0.3) is 0 Å². The van der Waals surface area contributed by atoms with E-state index >= 15 is 0 Å². The van der Waals surface area contributed by atoms with Crippen LogP contribution in [0.15, 0.2) is 0 Å². The zero-order valence-electron chi connectivity index (χ0n) is 16.4. The molecule has 0 aromatic rings. The summed E-state index contributed by atoms with van der Waals surface area (Å²) in [6.07, 6.45) is 0.529. The van der Waals surface area contributed by atoms with Crippen molar-refractivity contribution in [3.05, 3.63) is 0 Å². The van der Waals surface area contributed by atoms with Gasteiger partial charge in [0.05, 0.1) is 18.3 Å². The molecular formula is C21H32O6. The highest BCUT2D eigenvalue weighted by molar-refractivity contribution is 5.87. The lowest BCUT2D eigenvalue weighted by atomic mass is 9.43. The average Bonchev–Trinajstić information content (AvgIpc) is 2.90. The van der Waals surface area contributed by atoms with E-state index in [9.17, 15) is 24.9 Å². The van der Waals surface area contributed by atoms with Gasteiger partial charge in [0.25, 0.3) is 0 Å².